The Bertz CT molecular complexity index is 807. The van der Waals surface area contributed by atoms with Crippen LogP contribution < -0.4 is 4.90 Å². The lowest BCUT2D eigenvalue weighted by molar-refractivity contribution is 0.0591. The molecule has 4 rings (SSSR count). The standard InChI is InChI=1S/C21H29N5O/c1-16(2)24-12-14-26(15-13-24)21(27)19-17-8-4-5-9-18(17)20(23-22-19)25-10-6-3-7-11-25/h4-5,8-9,16H,3,6-7,10-15H2,1-2H3. The van der Waals surface area contributed by atoms with Crippen LogP contribution in [0.15, 0.2) is 24.3 Å². The van der Waals surface area contributed by atoms with Gasteiger partial charge < -0.3 is 9.80 Å². The number of fused-ring (bicyclic) bond motifs is 1. The van der Waals surface area contributed by atoms with Gasteiger partial charge in [0.25, 0.3) is 5.91 Å². The van der Waals surface area contributed by atoms with Crippen molar-refractivity contribution in [3.63, 3.8) is 0 Å². The Balaban J connectivity index is 1.62. The zero-order valence-corrected chi connectivity index (χ0v) is 16.4. The molecule has 0 radical (unpaired) electrons. The second-order valence-electron chi connectivity index (χ2n) is 7.89. The average Bonchev–Trinajstić information content (AvgIpc) is 2.73. The van der Waals surface area contributed by atoms with Gasteiger partial charge >= 0.3 is 0 Å². The van der Waals surface area contributed by atoms with Crippen molar-refractivity contribution < 1.29 is 4.79 Å². The monoisotopic (exact) mass is 367 g/mol. The molecule has 0 bridgehead atoms. The maximum atomic E-state index is 13.2. The van der Waals surface area contributed by atoms with Crippen molar-refractivity contribution in [1.29, 1.82) is 0 Å². The fourth-order valence-corrected chi connectivity index (χ4v) is 4.18. The molecule has 1 aromatic carbocycles. The number of hydrogen-bond acceptors (Lipinski definition) is 5. The van der Waals surface area contributed by atoms with Gasteiger partial charge in [0.15, 0.2) is 11.5 Å². The van der Waals surface area contributed by atoms with E-state index < -0.39 is 0 Å². The van der Waals surface area contributed by atoms with E-state index in [1.54, 1.807) is 0 Å². The number of nitrogens with zero attached hydrogens (tertiary/aromatic N) is 5. The maximum absolute atomic E-state index is 13.2. The van der Waals surface area contributed by atoms with Gasteiger partial charge in [-0.3, -0.25) is 9.69 Å². The maximum Gasteiger partial charge on any atom is 0.275 e. The molecule has 144 valence electrons. The molecule has 2 aliphatic heterocycles. The summed E-state index contributed by atoms with van der Waals surface area (Å²) in [5, 5.41) is 10.9. The predicted octanol–water partition coefficient (Wildman–Crippen LogP) is 2.79. The van der Waals surface area contributed by atoms with Crippen LogP contribution >= 0.6 is 0 Å². The van der Waals surface area contributed by atoms with Crippen molar-refractivity contribution in [2.75, 3.05) is 44.2 Å². The smallest absolute Gasteiger partial charge is 0.275 e. The molecular formula is C21H29N5O. The minimum Gasteiger partial charge on any atom is -0.355 e. The molecule has 6 heteroatoms. The summed E-state index contributed by atoms with van der Waals surface area (Å²) in [6.45, 7) is 9.78. The van der Waals surface area contributed by atoms with Crippen LogP contribution in [0.1, 0.15) is 43.6 Å². The molecule has 3 heterocycles. The number of aromatic nitrogens is 2. The Morgan fingerprint density at radius 3 is 2.22 bits per heavy atom. The van der Waals surface area contributed by atoms with Gasteiger partial charge in [0.05, 0.1) is 0 Å². The number of benzene rings is 1. The molecule has 2 aliphatic rings. The molecule has 2 aromatic rings. The van der Waals surface area contributed by atoms with Crippen LogP contribution in [0.25, 0.3) is 10.8 Å². The topological polar surface area (TPSA) is 52.6 Å². The summed E-state index contributed by atoms with van der Waals surface area (Å²) >= 11 is 0. The third-order valence-corrected chi connectivity index (χ3v) is 5.86. The summed E-state index contributed by atoms with van der Waals surface area (Å²) in [7, 11) is 0. The van der Waals surface area contributed by atoms with Crippen LogP contribution in [-0.4, -0.2) is 71.2 Å². The summed E-state index contributed by atoms with van der Waals surface area (Å²) in [6, 6.07) is 8.60. The Kier molecular flexibility index (Phi) is 5.25. The molecule has 0 saturated carbocycles. The van der Waals surface area contributed by atoms with Gasteiger partial charge in [-0.1, -0.05) is 24.3 Å². The molecule has 2 saturated heterocycles. The number of hydrogen-bond donors (Lipinski definition) is 0. The molecule has 6 nitrogen and oxygen atoms in total. The van der Waals surface area contributed by atoms with E-state index in [1.807, 2.05) is 23.1 Å². The van der Waals surface area contributed by atoms with E-state index in [9.17, 15) is 4.79 Å². The zero-order valence-electron chi connectivity index (χ0n) is 16.4. The largest absolute Gasteiger partial charge is 0.355 e. The van der Waals surface area contributed by atoms with E-state index in [0.29, 0.717) is 11.7 Å². The lowest BCUT2D eigenvalue weighted by atomic mass is 10.1. The van der Waals surface area contributed by atoms with Crippen molar-refractivity contribution in [2.24, 2.45) is 0 Å². The van der Waals surface area contributed by atoms with Crippen molar-refractivity contribution >= 4 is 22.5 Å². The summed E-state index contributed by atoms with van der Waals surface area (Å²) in [5.74, 6) is 0.929. The average molecular weight is 367 g/mol. The van der Waals surface area contributed by atoms with Crippen molar-refractivity contribution in [2.45, 2.75) is 39.2 Å². The summed E-state index contributed by atoms with van der Waals surface area (Å²) in [6.07, 6.45) is 3.66. The van der Waals surface area contributed by atoms with Crippen LogP contribution in [-0.2, 0) is 0 Å². The summed E-state index contributed by atoms with van der Waals surface area (Å²) in [4.78, 5) is 19.8. The lowest BCUT2D eigenvalue weighted by Gasteiger charge is -2.36. The van der Waals surface area contributed by atoms with Crippen LogP contribution in [0.3, 0.4) is 0 Å². The van der Waals surface area contributed by atoms with Crippen molar-refractivity contribution in [3.8, 4) is 0 Å². The number of rotatable bonds is 3. The third-order valence-electron chi connectivity index (χ3n) is 5.86. The predicted molar refractivity (Wildman–Crippen MR) is 108 cm³/mol. The van der Waals surface area contributed by atoms with Crippen molar-refractivity contribution in [3.05, 3.63) is 30.0 Å². The van der Waals surface area contributed by atoms with E-state index in [1.165, 1.54) is 19.3 Å². The molecule has 0 unspecified atom stereocenters. The highest BCUT2D eigenvalue weighted by Crippen LogP contribution is 2.28. The van der Waals surface area contributed by atoms with Gasteiger partial charge in [-0.05, 0) is 33.1 Å². The SMILES string of the molecule is CC(C)N1CCN(C(=O)c2nnc(N3CCCCC3)c3ccccc23)CC1. The number of piperazine rings is 1. The fraction of sp³-hybridized carbons (Fsp3) is 0.571. The number of amides is 1. The normalized spacial score (nSPS) is 19.1. The number of piperidine rings is 1. The third kappa shape index (κ3) is 3.63. The van der Waals surface area contributed by atoms with E-state index in [4.69, 9.17) is 0 Å². The summed E-state index contributed by atoms with van der Waals surface area (Å²) in [5.41, 5.74) is 0.490. The quantitative estimate of drug-likeness (QED) is 0.835. The highest BCUT2D eigenvalue weighted by molar-refractivity contribution is 6.07. The number of carbonyl (C=O) groups excluding carboxylic acids is 1. The zero-order chi connectivity index (χ0) is 18.8. The fourth-order valence-electron chi connectivity index (χ4n) is 4.18. The van der Waals surface area contributed by atoms with Gasteiger partial charge in [-0.2, -0.15) is 0 Å². The number of anilines is 1. The first-order valence-corrected chi connectivity index (χ1v) is 10.2. The van der Waals surface area contributed by atoms with Gasteiger partial charge in [0.2, 0.25) is 0 Å². The van der Waals surface area contributed by atoms with E-state index in [-0.39, 0.29) is 5.91 Å². The Morgan fingerprint density at radius 2 is 1.56 bits per heavy atom. The molecule has 27 heavy (non-hydrogen) atoms. The molecule has 1 amide bonds. The second kappa shape index (κ2) is 7.80. The molecule has 2 fully saturated rings. The minimum absolute atomic E-state index is 0.00676. The molecule has 0 aliphatic carbocycles. The van der Waals surface area contributed by atoms with Crippen LogP contribution in [0, 0.1) is 0 Å². The van der Waals surface area contributed by atoms with Crippen molar-refractivity contribution in [1.82, 2.24) is 20.0 Å². The Morgan fingerprint density at radius 1 is 0.889 bits per heavy atom. The molecule has 0 N–H and O–H groups in total. The molecular weight excluding hydrogens is 338 g/mol. The van der Waals surface area contributed by atoms with Gasteiger partial charge in [-0.25, -0.2) is 0 Å². The Hall–Kier alpha value is -2.21. The van der Waals surface area contributed by atoms with E-state index in [0.717, 1.165) is 55.9 Å². The molecule has 0 atom stereocenters. The molecule has 0 spiro atoms. The van der Waals surface area contributed by atoms with E-state index >= 15 is 0 Å². The Labute approximate surface area is 161 Å². The van der Waals surface area contributed by atoms with Crippen LogP contribution in [0.4, 0.5) is 5.82 Å². The first-order chi connectivity index (χ1) is 13.1. The van der Waals surface area contributed by atoms with Gasteiger partial charge in [-0.15, -0.1) is 10.2 Å². The molecule has 1 aromatic heterocycles. The van der Waals surface area contributed by atoms with Gasteiger partial charge in [0.1, 0.15) is 0 Å². The number of carbonyl (C=O) groups is 1. The first kappa shape index (κ1) is 18.2. The van der Waals surface area contributed by atoms with Crippen LogP contribution in [0.2, 0.25) is 0 Å². The summed E-state index contributed by atoms with van der Waals surface area (Å²) < 4.78 is 0. The lowest BCUT2D eigenvalue weighted by Crippen LogP contribution is -2.50. The highest BCUT2D eigenvalue weighted by Gasteiger charge is 2.27. The van der Waals surface area contributed by atoms with Crippen LogP contribution in [0.5, 0.6) is 0 Å². The van der Waals surface area contributed by atoms with E-state index in [2.05, 4.69) is 39.9 Å². The first-order valence-electron chi connectivity index (χ1n) is 10.2. The van der Waals surface area contributed by atoms with Gasteiger partial charge in [0, 0.05) is 56.1 Å². The minimum atomic E-state index is 0.00676. The second-order valence-corrected chi connectivity index (χ2v) is 7.89. The highest BCUT2D eigenvalue weighted by atomic mass is 16.2.